The van der Waals surface area contributed by atoms with Gasteiger partial charge in [-0.15, -0.1) is 0 Å². The average Bonchev–Trinajstić information content (AvgIpc) is 2.24. The van der Waals surface area contributed by atoms with Gasteiger partial charge in [-0.2, -0.15) is 22.0 Å². The molecule has 1 rings (SSSR count). The lowest BCUT2D eigenvalue weighted by Gasteiger charge is -2.29. The van der Waals surface area contributed by atoms with Crippen molar-refractivity contribution in [1.29, 1.82) is 0 Å². The third-order valence-corrected chi connectivity index (χ3v) is 2.82. The molecule has 1 N–H and O–H groups in total. The molecule has 0 saturated heterocycles. The number of hydrogen-bond donors (Lipinski definition) is 1. The highest BCUT2D eigenvalue weighted by molar-refractivity contribution is 5.33. The van der Waals surface area contributed by atoms with Gasteiger partial charge in [0, 0.05) is 0 Å². The fourth-order valence-electron chi connectivity index (χ4n) is 1.87. The second-order valence-electron chi connectivity index (χ2n) is 4.31. The molecular formula is C12H13F6N. The van der Waals surface area contributed by atoms with Gasteiger partial charge in [-0.25, -0.2) is 4.39 Å². The van der Waals surface area contributed by atoms with Crippen molar-refractivity contribution in [3.63, 3.8) is 0 Å². The minimum absolute atomic E-state index is 0.0215. The van der Waals surface area contributed by atoms with E-state index >= 15 is 0 Å². The van der Waals surface area contributed by atoms with Gasteiger partial charge < -0.3 is 5.32 Å². The number of benzene rings is 1. The predicted molar refractivity (Wildman–Crippen MR) is 58.7 cm³/mol. The van der Waals surface area contributed by atoms with Gasteiger partial charge in [-0.05, 0) is 37.6 Å². The van der Waals surface area contributed by atoms with Crippen molar-refractivity contribution in [2.24, 2.45) is 0 Å². The maximum atomic E-state index is 13.4. The van der Waals surface area contributed by atoms with Crippen molar-refractivity contribution in [3.05, 3.63) is 34.6 Å². The van der Waals surface area contributed by atoms with Crippen LogP contribution >= 0.6 is 0 Å². The van der Waals surface area contributed by atoms with Crippen molar-refractivity contribution in [2.45, 2.75) is 32.0 Å². The molecule has 1 nitrogen and oxygen atoms in total. The van der Waals surface area contributed by atoms with Crippen LogP contribution in [0.5, 0.6) is 0 Å². The molecule has 0 amide bonds. The number of aryl methyl sites for hydroxylation is 2. The zero-order valence-electron chi connectivity index (χ0n) is 10.5. The zero-order valence-corrected chi connectivity index (χ0v) is 10.5. The third kappa shape index (κ3) is 2.86. The first-order chi connectivity index (χ1) is 8.52. The van der Waals surface area contributed by atoms with E-state index in [-0.39, 0.29) is 16.7 Å². The van der Waals surface area contributed by atoms with Gasteiger partial charge in [0.1, 0.15) is 11.9 Å². The summed E-state index contributed by atoms with van der Waals surface area (Å²) < 4.78 is 77.2. The van der Waals surface area contributed by atoms with E-state index in [1.807, 2.05) is 5.32 Å². The van der Waals surface area contributed by atoms with Crippen LogP contribution in [0.3, 0.4) is 0 Å². The van der Waals surface area contributed by atoms with Gasteiger partial charge in [-0.1, -0.05) is 12.1 Å². The molecule has 0 bridgehead atoms. The Morgan fingerprint density at radius 3 is 1.74 bits per heavy atom. The van der Waals surface area contributed by atoms with Gasteiger partial charge in [0.25, 0.3) is 0 Å². The van der Waals surface area contributed by atoms with Gasteiger partial charge >= 0.3 is 12.1 Å². The molecule has 0 aliphatic heterocycles. The molecule has 0 aromatic heterocycles. The Bertz CT molecular complexity index is 443. The fourth-order valence-corrected chi connectivity index (χ4v) is 1.87. The van der Waals surface area contributed by atoms with E-state index < -0.39 is 24.0 Å². The van der Waals surface area contributed by atoms with Crippen LogP contribution in [0.4, 0.5) is 26.3 Å². The van der Waals surface area contributed by atoms with E-state index in [9.17, 15) is 26.3 Å². The largest absolute Gasteiger partial charge is 0.455 e. The minimum atomic E-state index is -5.68. The quantitative estimate of drug-likeness (QED) is 0.830. The molecule has 0 aliphatic rings. The van der Waals surface area contributed by atoms with Crippen LogP contribution in [0.1, 0.15) is 22.7 Å². The van der Waals surface area contributed by atoms with E-state index in [1.165, 1.54) is 13.8 Å². The summed E-state index contributed by atoms with van der Waals surface area (Å²) in [5.74, 6) is -5.56. The number of rotatable bonds is 3. The smallest absolute Gasteiger partial charge is 0.308 e. The second-order valence-corrected chi connectivity index (χ2v) is 4.31. The first-order valence-electron chi connectivity index (χ1n) is 5.40. The summed E-state index contributed by atoms with van der Waals surface area (Å²) in [5.41, 5.74) is -0.261. The van der Waals surface area contributed by atoms with E-state index in [0.717, 1.165) is 19.2 Å². The normalized spacial score (nSPS) is 14.6. The molecule has 1 unspecified atom stereocenters. The second kappa shape index (κ2) is 5.03. The molecule has 1 aromatic carbocycles. The topological polar surface area (TPSA) is 12.0 Å². The number of alkyl halides is 5. The van der Waals surface area contributed by atoms with Gasteiger partial charge in [0.15, 0.2) is 0 Å². The van der Waals surface area contributed by atoms with Gasteiger partial charge in [-0.3, -0.25) is 0 Å². The Labute approximate surface area is 106 Å². The van der Waals surface area contributed by atoms with Crippen LogP contribution in [-0.2, 0) is 0 Å². The van der Waals surface area contributed by atoms with Crippen LogP contribution in [0.2, 0.25) is 0 Å². The molecule has 7 heteroatoms. The maximum Gasteiger partial charge on any atom is 0.455 e. The highest BCUT2D eigenvalue weighted by atomic mass is 19.4. The molecular weight excluding hydrogens is 272 g/mol. The minimum Gasteiger partial charge on any atom is -0.308 e. The molecule has 1 atom stereocenters. The molecule has 0 heterocycles. The van der Waals surface area contributed by atoms with E-state index in [1.54, 1.807) is 0 Å². The Balaban J connectivity index is 3.33. The van der Waals surface area contributed by atoms with Crippen LogP contribution < -0.4 is 5.32 Å². The standard InChI is InChI=1S/C12H13F6N/c1-6-4-8(5-7(2)9(6)13)10(19-3)11(14,15)12(16,17)18/h4-5,10,19H,1-3H3. The number of halogens is 6. The SMILES string of the molecule is CNC(c1cc(C)c(F)c(C)c1)C(F)(F)C(F)(F)F. The highest BCUT2D eigenvalue weighted by Gasteiger charge is 2.62. The monoisotopic (exact) mass is 285 g/mol. The lowest BCUT2D eigenvalue weighted by molar-refractivity contribution is -0.293. The van der Waals surface area contributed by atoms with Crippen molar-refractivity contribution < 1.29 is 26.3 Å². The van der Waals surface area contributed by atoms with E-state index in [4.69, 9.17) is 0 Å². The summed E-state index contributed by atoms with van der Waals surface area (Å²) in [6.07, 6.45) is -5.68. The van der Waals surface area contributed by atoms with Crippen LogP contribution in [0.15, 0.2) is 12.1 Å². The zero-order chi connectivity index (χ0) is 15.0. The molecule has 1 aromatic rings. The Morgan fingerprint density at radius 1 is 1.00 bits per heavy atom. The molecule has 0 aliphatic carbocycles. The van der Waals surface area contributed by atoms with Crippen LogP contribution in [0.25, 0.3) is 0 Å². The van der Waals surface area contributed by atoms with E-state index in [2.05, 4.69) is 0 Å². The van der Waals surface area contributed by atoms with Gasteiger partial charge in [0.2, 0.25) is 0 Å². The highest BCUT2D eigenvalue weighted by Crippen LogP contribution is 2.44. The average molecular weight is 285 g/mol. The molecule has 108 valence electrons. The Hall–Kier alpha value is -1.24. The number of nitrogens with one attached hydrogen (secondary N) is 1. The van der Waals surface area contributed by atoms with Crippen molar-refractivity contribution in [3.8, 4) is 0 Å². The van der Waals surface area contributed by atoms with Crippen LogP contribution in [-0.4, -0.2) is 19.1 Å². The number of hydrogen-bond acceptors (Lipinski definition) is 1. The lowest BCUT2D eigenvalue weighted by Crippen LogP contribution is -2.47. The molecule has 0 fully saturated rings. The first-order valence-corrected chi connectivity index (χ1v) is 5.40. The summed E-state index contributed by atoms with van der Waals surface area (Å²) in [5, 5.41) is 1.95. The molecule has 19 heavy (non-hydrogen) atoms. The van der Waals surface area contributed by atoms with Crippen molar-refractivity contribution in [2.75, 3.05) is 7.05 Å². The summed E-state index contributed by atoms with van der Waals surface area (Å²) in [6.45, 7) is 2.62. The summed E-state index contributed by atoms with van der Waals surface area (Å²) >= 11 is 0. The summed E-state index contributed by atoms with van der Waals surface area (Å²) in [7, 11) is 0.998. The summed E-state index contributed by atoms with van der Waals surface area (Å²) in [6, 6.07) is -0.280. The molecule has 0 saturated carbocycles. The van der Waals surface area contributed by atoms with Crippen molar-refractivity contribution in [1.82, 2.24) is 5.32 Å². The predicted octanol–water partition coefficient (Wildman–Crippen LogP) is 3.90. The third-order valence-electron chi connectivity index (χ3n) is 2.82. The summed E-state index contributed by atoms with van der Waals surface area (Å²) in [4.78, 5) is 0. The molecule has 0 radical (unpaired) electrons. The first kappa shape index (κ1) is 15.8. The Kier molecular flexibility index (Phi) is 4.19. The van der Waals surface area contributed by atoms with Crippen LogP contribution in [0, 0.1) is 19.7 Å². The van der Waals surface area contributed by atoms with Gasteiger partial charge in [0.05, 0.1) is 0 Å². The lowest BCUT2D eigenvalue weighted by atomic mass is 9.96. The van der Waals surface area contributed by atoms with Crippen molar-refractivity contribution >= 4 is 0 Å². The Morgan fingerprint density at radius 2 is 1.42 bits per heavy atom. The fraction of sp³-hybridized carbons (Fsp3) is 0.500. The molecule has 0 spiro atoms. The van der Waals surface area contributed by atoms with E-state index in [0.29, 0.717) is 0 Å². The maximum absolute atomic E-state index is 13.4.